The van der Waals surface area contributed by atoms with Gasteiger partial charge in [-0.15, -0.1) is 0 Å². The van der Waals surface area contributed by atoms with Crippen molar-refractivity contribution in [3.8, 4) is 0 Å². The van der Waals surface area contributed by atoms with Gasteiger partial charge in [-0.3, -0.25) is 0 Å². The first-order valence-electron chi connectivity index (χ1n) is 4.90. The van der Waals surface area contributed by atoms with Crippen LogP contribution in [0.5, 0.6) is 0 Å². The summed E-state index contributed by atoms with van der Waals surface area (Å²) < 4.78 is 1.47. The summed E-state index contributed by atoms with van der Waals surface area (Å²) in [6.07, 6.45) is 0.551. The molecule has 0 fully saturated rings. The standard InChI is InChI=1S/C8H6NO.3CH3.Sn/c10-8-5-6-3-1-2-4-7(6)9-8;;;;/h1,3-4H,5H2,(H,9,10);3*1H3;. The summed E-state index contributed by atoms with van der Waals surface area (Å²) in [5.41, 5.74) is 2.19. The van der Waals surface area contributed by atoms with Crippen molar-refractivity contribution in [2.45, 2.75) is 21.2 Å². The van der Waals surface area contributed by atoms with Crippen molar-refractivity contribution in [3.63, 3.8) is 0 Å². The first kappa shape index (κ1) is 10.0. The Morgan fingerprint density at radius 1 is 1.29 bits per heavy atom. The van der Waals surface area contributed by atoms with Crippen LogP contribution in [0.4, 0.5) is 5.69 Å². The molecular formula is C11H15NOSn. The Morgan fingerprint density at radius 2 is 2.00 bits per heavy atom. The van der Waals surface area contributed by atoms with Gasteiger partial charge in [-0.25, -0.2) is 0 Å². The van der Waals surface area contributed by atoms with E-state index in [0.717, 1.165) is 11.3 Å². The number of rotatable bonds is 1. The van der Waals surface area contributed by atoms with E-state index in [1.807, 2.05) is 0 Å². The first-order valence-corrected chi connectivity index (χ1v) is 14.9. The minimum absolute atomic E-state index is 0.126. The first-order chi connectivity index (χ1) is 6.47. The van der Waals surface area contributed by atoms with E-state index < -0.39 is 18.4 Å². The molecule has 0 saturated heterocycles. The zero-order valence-corrected chi connectivity index (χ0v) is 11.7. The Kier molecular flexibility index (Phi) is 2.33. The predicted molar refractivity (Wildman–Crippen MR) is 61.8 cm³/mol. The van der Waals surface area contributed by atoms with Crippen molar-refractivity contribution in [2.24, 2.45) is 0 Å². The van der Waals surface area contributed by atoms with Crippen LogP contribution in [-0.2, 0) is 11.2 Å². The fraction of sp³-hybridized carbons (Fsp3) is 0.364. The van der Waals surface area contributed by atoms with Crippen LogP contribution < -0.4 is 8.90 Å². The van der Waals surface area contributed by atoms with E-state index in [-0.39, 0.29) is 5.91 Å². The molecule has 1 aliphatic rings. The van der Waals surface area contributed by atoms with Gasteiger partial charge in [-0.05, 0) is 0 Å². The molecule has 14 heavy (non-hydrogen) atoms. The van der Waals surface area contributed by atoms with Gasteiger partial charge < -0.3 is 0 Å². The van der Waals surface area contributed by atoms with Crippen molar-refractivity contribution in [2.75, 3.05) is 5.32 Å². The molecule has 74 valence electrons. The van der Waals surface area contributed by atoms with Gasteiger partial charge in [0.2, 0.25) is 0 Å². The average Bonchev–Trinajstić information content (AvgIpc) is 2.41. The van der Waals surface area contributed by atoms with Gasteiger partial charge in [0.1, 0.15) is 0 Å². The molecule has 0 radical (unpaired) electrons. The molecule has 1 aromatic carbocycles. The summed E-state index contributed by atoms with van der Waals surface area (Å²) in [7, 11) is 0. The molecule has 0 atom stereocenters. The number of nitrogens with one attached hydrogen (secondary N) is 1. The number of hydrogen-bond acceptors (Lipinski definition) is 1. The summed E-state index contributed by atoms with van der Waals surface area (Å²) in [6.45, 7) is 0. The average molecular weight is 296 g/mol. The fourth-order valence-electron chi connectivity index (χ4n) is 1.68. The molecule has 1 heterocycles. The second-order valence-corrected chi connectivity index (χ2v) is 19.3. The summed E-state index contributed by atoms with van der Waals surface area (Å²) in [4.78, 5) is 18.3. The number of carbonyl (C=O) groups is 1. The molecule has 1 N–H and O–H groups in total. The summed E-state index contributed by atoms with van der Waals surface area (Å²) >= 11 is -1.96. The third-order valence-electron chi connectivity index (χ3n) is 2.60. The van der Waals surface area contributed by atoms with Gasteiger partial charge in [0.25, 0.3) is 0 Å². The van der Waals surface area contributed by atoms with Crippen LogP contribution in [0, 0.1) is 0 Å². The van der Waals surface area contributed by atoms with E-state index in [9.17, 15) is 4.79 Å². The Hall–Kier alpha value is -0.511. The number of carbonyl (C=O) groups excluding carboxylic acids is 1. The minimum atomic E-state index is -1.96. The third-order valence-corrected chi connectivity index (χ3v) is 8.43. The van der Waals surface area contributed by atoms with Crippen LogP contribution in [0.15, 0.2) is 18.2 Å². The quantitative estimate of drug-likeness (QED) is 0.786. The van der Waals surface area contributed by atoms with E-state index in [0.29, 0.717) is 6.42 Å². The molecular weight excluding hydrogens is 281 g/mol. The second-order valence-electron chi connectivity index (χ2n) is 4.85. The number of anilines is 1. The van der Waals surface area contributed by atoms with Crippen LogP contribution in [-0.4, -0.2) is 24.3 Å². The Morgan fingerprint density at radius 3 is 2.64 bits per heavy atom. The monoisotopic (exact) mass is 297 g/mol. The van der Waals surface area contributed by atoms with Crippen LogP contribution in [0.3, 0.4) is 0 Å². The Labute approximate surface area is 88.6 Å². The van der Waals surface area contributed by atoms with E-state index in [1.165, 1.54) is 3.58 Å². The molecule has 1 aliphatic heterocycles. The fourth-order valence-corrected chi connectivity index (χ4v) is 4.99. The maximum absolute atomic E-state index is 11.2. The Balaban J connectivity index is 2.43. The summed E-state index contributed by atoms with van der Waals surface area (Å²) in [5, 5.41) is 2.90. The molecule has 2 rings (SSSR count). The maximum atomic E-state index is 11.2. The molecule has 3 heteroatoms. The van der Waals surface area contributed by atoms with Gasteiger partial charge >= 0.3 is 88.7 Å². The van der Waals surface area contributed by atoms with Crippen molar-refractivity contribution >= 4 is 33.6 Å². The molecule has 0 unspecified atom stereocenters. The molecule has 0 aliphatic carbocycles. The molecule has 0 aromatic heterocycles. The molecule has 2 nitrogen and oxygen atoms in total. The SMILES string of the molecule is [CH3][Sn]([CH3])([CH3])[c]1ccc2c(c1)NC(=O)C2. The van der Waals surface area contributed by atoms with Crippen molar-refractivity contribution in [1.29, 1.82) is 0 Å². The van der Waals surface area contributed by atoms with Crippen molar-refractivity contribution in [3.05, 3.63) is 23.8 Å². The number of amides is 1. The molecule has 0 saturated carbocycles. The zero-order chi connectivity index (χ0) is 10.3. The Bertz CT molecular complexity index is 393. The van der Waals surface area contributed by atoms with Gasteiger partial charge in [-0.2, -0.15) is 0 Å². The normalized spacial score (nSPS) is 15.2. The topological polar surface area (TPSA) is 29.1 Å². The van der Waals surface area contributed by atoms with Crippen LogP contribution in [0.2, 0.25) is 14.8 Å². The van der Waals surface area contributed by atoms with Gasteiger partial charge in [0.05, 0.1) is 0 Å². The molecule has 1 aromatic rings. The van der Waals surface area contributed by atoms with E-state index in [2.05, 4.69) is 38.3 Å². The number of fused-ring (bicyclic) bond motifs is 1. The van der Waals surface area contributed by atoms with Gasteiger partial charge in [-0.1, -0.05) is 0 Å². The second kappa shape index (κ2) is 3.26. The van der Waals surface area contributed by atoms with Crippen molar-refractivity contribution in [1.82, 2.24) is 0 Å². The number of hydrogen-bond donors (Lipinski definition) is 1. The van der Waals surface area contributed by atoms with E-state index in [1.54, 1.807) is 0 Å². The van der Waals surface area contributed by atoms with Crippen LogP contribution >= 0.6 is 0 Å². The number of benzene rings is 1. The molecule has 1 amide bonds. The van der Waals surface area contributed by atoms with E-state index >= 15 is 0 Å². The zero-order valence-electron chi connectivity index (χ0n) is 8.85. The summed E-state index contributed by atoms with van der Waals surface area (Å²) in [6, 6.07) is 6.48. The predicted octanol–water partition coefficient (Wildman–Crippen LogP) is 1.73. The van der Waals surface area contributed by atoms with Crippen molar-refractivity contribution < 1.29 is 4.79 Å². The van der Waals surface area contributed by atoms with Crippen LogP contribution in [0.25, 0.3) is 0 Å². The van der Waals surface area contributed by atoms with Gasteiger partial charge in [0, 0.05) is 0 Å². The van der Waals surface area contributed by atoms with Crippen LogP contribution in [0.1, 0.15) is 5.56 Å². The summed E-state index contributed by atoms with van der Waals surface area (Å²) in [5.74, 6) is 0.126. The van der Waals surface area contributed by atoms with E-state index in [4.69, 9.17) is 0 Å². The molecule has 0 bridgehead atoms. The van der Waals surface area contributed by atoms with Gasteiger partial charge in [0.15, 0.2) is 0 Å². The third kappa shape index (κ3) is 1.80. The molecule has 0 spiro atoms.